The zero-order valence-electron chi connectivity index (χ0n) is 27.9. The van der Waals surface area contributed by atoms with Crippen LogP contribution in [-0.4, -0.2) is 0 Å². The van der Waals surface area contributed by atoms with Gasteiger partial charge in [0.15, 0.2) is 0 Å². The predicted molar refractivity (Wildman–Crippen MR) is 216 cm³/mol. The van der Waals surface area contributed by atoms with Gasteiger partial charge in [0.05, 0.1) is 0 Å². The number of hydrogen-bond acceptors (Lipinski definition) is 1. The van der Waals surface area contributed by atoms with Gasteiger partial charge in [-0.3, -0.25) is 0 Å². The van der Waals surface area contributed by atoms with Crippen molar-refractivity contribution in [3.8, 4) is 55.6 Å². The van der Waals surface area contributed by atoms with Crippen molar-refractivity contribution in [3.05, 3.63) is 194 Å². The molecule has 238 valence electrons. The highest BCUT2D eigenvalue weighted by atomic mass is 16.3. The predicted octanol–water partition coefficient (Wildman–Crippen LogP) is 14.2. The summed E-state index contributed by atoms with van der Waals surface area (Å²) in [6.07, 6.45) is 0. The van der Waals surface area contributed by atoms with Gasteiger partial charge in [0.2, 0.25) is 0 Å². The summed E-state index contributed by atoms with van der Waals surface area (Å²) in [6, 6.07) is 69.8. The summed E-state index contributed by atoms with van der Waals surface area (Å²) in [7, 11) is 0. The summed E-state index contributed by atoms with van der Waals surface area (Å²) in [5, 5.41) is 7.18. The maximum Gasteiger partial charge on any atom is 0.143 e. The Morgan fingerprint density at radius 1 is 0.275 bits per heavy atom. The first-order valence-corrected chi connectivity index (χ1v) is 17.5. The van der Waals surface area contributed by atoms with Crippen LogP contribution in [-0.2, 0) is 0 Å². The molecule has 0 aliphatic heterocycles. The minimum absolute atomic E-state index is 0.888. The van der Waals surface area contributed by atoms with Crippen LogP contribution < -0.4 is 0 Å². The van der Waals surface area contributed by atoms with Crippen LogP contribution >= 0.6 is 0 Å². The van der Waals surface area contributed by atoms with E-state index in [0.717, 1.165) is 33.1 Å². The summed E-state index contributed by atoms with van der Waals surface area (Å²) in [5.41, 5.74) is 13.7. The third-order valence-corrected chi connectivity index (χ3v) is 10.3. The van der Waals surface area contributed by atoms with Crippen molar-refractivity contribution < 1.29 is 4.42 Å². The van der Waals surface area contributed by atoms with Crippen molar-refractivity contribution in [2.45, 2.75) is 0 Å². The molecule has 1 heterocycles. The maximum atomic E-state index is 6.84. The van der Waals surface area contributed by atoms with Crippen molar-refractivity contribution in [2.24, 2.45) is 0 Å². The van der Waals surface area contributed by atoms with E-state index in [1.54, 1.807) is 0 Å². The van der Waals surface area contributed by atoms with Crippen molar-refractivity contribution >= 4 is 43.5 Å². The highest BCUT2D eigenvalue weighted by Gasteiger charge is 2.22. The molecule has 0 atom stereocenters. The lowest BCUT2D eigenvalue weighted by atomic mass is 9.84. The SMILES string of the molecule is c1ccc(-c2cccc(-c3cccc4c3oc3cccc(-c5c6ccccc6c(-c6ccccc6)c6cc(-c7ccccc7)ccc56)c34)c2)cc1. The Labute approximate surface area is 296 Å². The molecule has 1 heteroatoms. The highest BCUT2D eigenvalue weighted by Crippen LogP contribution is 2.48. The summed E-state index contributed by atoms with van der Waals surface area (Å²) < 4.78 is 6.84. The normalized spacial score (nSPS) is 11.5. The molecule has 10 rings (SSSR count). The average molecular weight is 649 g/mol. The number of hydrogen-bond donors (Lipinski definition) is 0. The smallest absolute Gasteiger partial charge is 0.143 e. The van der Waals surface area contributed by atoms with Crippen LogP contribution in [0.5, 0.6) is 0 Å². The number of furan rings is 1. The van der Waals surface area contributed by atoms with Gasteiger partial charge >= 0.3 is 0 Å². The van der Waals surface area contributed by atoms with E-state index < -0.39 is 0 Å². The van der Waals surface area contributed by atoms with Gasteiger partial charge in [-0.25, -0.2) is 0 Å². The Kier molecular flexibility index (Phi) is 6.89. The summed E-state index contributed by atoms with van der Waals surface area (Å²) >= 11 is 0. The minimum Gasteiger partial charge on any atom is -0.455 e. The molecule has 0 bridgehead atoms. The second-order valence-corrected chi connectivity index (χ2v) is 13.2. The van der Waals surface area contributed by atoms with Crippen molar-refractivity contribution in [1.82, 2.24) is 0 Å². The Balaban J connectivity index is 1.27. The van der Waals surface area contributed by atoms with Gasteiger partial charge in [-0.05, 0) is 89.8 Å². The van der Waals surface area contributed by atoms with Crippen LogP contribution in [0.3, 0.4) is 0 Å². The molecule has 1 nitrogen and oxygen atoms in total. The first kappa shape index (κ1) is 29.2. The van der Waals surface area contributed by atoms with Crippen LogP contribution in [0.15, 0.2) is 199 Å². The Hall–Kier alpha value is -6.70. The van der Waals surface area contributed by atoms with E-state index in [9.17, 15) is 0 Å². The van der Waals surface area contributed by atoms with Gasteiger partial charge in [0, 0.05) is 16.3 Å². The van der Waals surface area contributed by atoms with Gasteiger partial charge in [-0.2, -0.15) is 0 Å². The fraction of sp³-hybridized carbons (Fsp3) is 0. The van der Waals surface area contributed by atoms with Gasteiger partial charge in [-0.1, -0.05) is 176 Å². The zero-order chi connectivity index (χ0) is 33.7. The van der Waals surface area contributed by atoms with E-state index in [0.29, 0.717) is 0 Å². The minimum atomic E-state index is 0.888. The van der Waals surface area contributed by atoms with E-state index in [1.165, 1.54) is 66.1 Å². The second kappa shape index (κ2) is 12.0. The molecular weight excluding hydrogens is 617 g/mol. The van der Waals surface area contributed by atoms with Crippen LogP contribution in [0.2, 0.25) is 0 Å². The van der Waals surface area contributed by atoms with Gasteiger partial charge in [0.25, 0.3) is 0 Å². The number of para-hydroxylation sites is 1. The Bertz CT molecular complexity index is 2880. The van der Waals surface area contributed by atoms with Gasteiger partial charge < -0.3 is 4.42 Å². The first-order valence-electron chi connectivity index (χ1n) is 17.5. The van der Waals surface area contributed by atoms with E-state index >= 15 is 0 Å². The number of benzene rings is 9. The Morgan fingerprint density at radius 3 is 1.51 bits per heavy atom. The number of fused-ring (bicyclic) bond motifs is 5. The molecular formula is C50H32O. The fourth-order valence-electron chi connectivity index (χ4n) is 7.97. The summed E-state index contributed by atoms with van der Waals surface area (Å²) in [6.45, 7) is 0. The lowest BCUT2D eigenvalue weighted by molar-refractivity contribution is 0.670. The third kappa shape index (κ3) is 4.86. The van der Waals surface area contributed by atoms with Crippen LogP contribution in [0, 0.1) is 0 Å². The molecule has 0 aliphatic carbocycles. The van der Waals surface area contributed by atoms with E-state index in [-0.39, 0.29) is 0 Å². The van der Waals surface area contributed by atoms with Crippen molar-refractivity contribution in [1.29, 1.82) is 0 Å². The number of rotatable bonds is 5. The molecule has 0 aliphatic rings. The van der Waals surface area contributed by atoms with E-state index in [1.807, 2.05) is 0 Å². The quantitative estimate of drug-likeness (QED) is 0.169. The molecule has 0 radical (unpaired) electrons. The molecule has 0 amide bonds. The molecule has 0 spiro atoms. The molecule has 0 unspecified atom stereocenters. The molecule has 0 saturated heterocycles. The van der Waals surface area contributed by atoms with E-state index in [2.05, 4.69) is 194 Å². The molecule has 0 N–H and O–H groups in total. The summed E-state index contributed by atoms with van der Waals surface area (Å²) in [4.78, 5) is 0. The van der Waals surface area contributed by atoms with Gasteiger partial charge in [0.1, 0.15) is 11.2 Å². The van der Waals surface area contributed by atoms with Crippen LogP contribution in [0.25, 0.3) is 99.1 Å². The first-order chi connectivity index (χ1) is 25.3. The average Bonchev–Trinajstić information content (AvgIpc) is 3.60. The molecule has 0 saturated carbocycles. The standard InChI is InChI=1S/C50H32O/c1-4-15-33(16-5-1)36-21-12-22-38(31-36)39-25-13-27-44-49-43(26-14-28-46(49)51-50(39)44)48-41-24-11-10-23-40(41)47(35-19-8-3-9-20-35)45-32-37(29-30-42(45)48)34-17-6-2-7-18-34/h1-32H. The van der Waals surface area contributed by atoms with Gasteiger partial charge in [-0.15, -0.1) is 0 Å². The van der Waals surface area contributed by atoms with Crippen molar-refractivity contribution in [3.63, 3.8) is 0 Å². The molecule has 1 aromatic heterocycles. The largest absolute Gasteiger partial charge is 0.455 e. The molecule has 0 fully saturated rings. The van der Waals surface area contributed by atoms with Crippen molar-refractivity contribution in [2.75, 3.05) is 0 Å². The van der Waals surface area contributed by atoms with E-state index in [4.69, 9.17) is 4.42 Å². The Morgan fingerprint density at radius 2 is 0.784 bits per heavy atom. The fourth-order valence-corrected chi connectivity index (χ4v) is 7.97. The maximum absolute atomic E-state index is 6.84. The monoisotopic (exact) mass is 648 g/mol. The second-order valence-electron chi connectivity index (χ2n) is 13.2. The molecule has 9 aromatic carbocycles. The molecule has 10 aromatic rings. The lowest BCUT2D eigenvalue weighted by Gasteiger charge is -2.19. The zero-order valence-corrected chi connectivity index (χ0v) is 27.9. The topological polar surface area (TPSA) is 13.1 Å². The summed E-state index contributed by atoms with van der Waals surface area (Å²) in [5.74, 6) is 0. The van der Waals surface area contributed by atoms with Crippen LogP contribution in [0.1, 0.15) is 0 Å². The molecule has 51 heavy (non-hydrogen) atoms. The lowest BCUT2D eigenvalue weighted by Crippen LogP contribution is -1.92. The third-order valence-electron chi connectivity index (χ3n) is 10.3. The highest BCUT2D eigenvalue weighted by molar-refractivity contribution is 6.26. The van der Waals surface area contributed by atoms with Crippen LogP contribution in [0.4, 0.5) is 0 Å².